The normalized spacial score (nSPS) is 10.9. The van der Waals surface area contributed by atoms with Crippen molar-refractivity contribution in [1.29, 1.82) is 0 Å². The van der Waals surface area contributed by atoms with Gasteiger partial charge >= 0.3 is 5.97 Å². The summed E-state index contributed by atoms with van der Waals surface area (Å²) in [4.78, 5) is 12.1. The molecule has 0 amide bonds. The summed E-state index contributed by atoms with van der Waals surface area (Å²) in [6, 6.07) is 4.72. The third-order valence-electron chi connectivity index (χ3n) is 4.04. The summed E-state index contributed by atoms with van der Waals surface area (Å²) in [7, 11) is 0. The second kappa shape index (κ2) is 12.7. The number of benzene rings is 1. The summed E-state index contributed by atoms with van der Waals surface area (Å²) in [5, 5.41) is 0. The van der Waals surface area contributed by atoms with Crippen LogP contribution >= 0.6 is 0 Å². The molecule has 0 aliphatic carbocycles. The molecule has 0 aliphatic heterocycles. The summed E-state index contributed by atoms with van der Waals surface area (Å²) >= 11 is 0. The van der Waals surface area contributed by atoms with Crippen LogP contribution in [-0.2, 0) is 4.74 Å². The van der Waals surface area contributed by atoms with Gasteiger partial charge in [0.2, 0.25) is 0 Å². The van der Waals surface area contributed by atoms with E-state index in [9.17, 15) is 13.6 Å². The lowest BCUT2D eigenvalue weighted by Gasteiger charge is -2.10. The minimum atomic E-state index is -2.54. The minimum absolute atomic E-state index is 0.255. The van der Waals surface area contributed by atoms with Crippen LogP contribution in [0.2, 0.25) is 0 Å². The zero-order valence-electron chi connectivity index (χ0n) is 15.4. The number of aryl methyl sites for hydroxylation is 1. The monoisotopic (exact) mass is 356 g/mol. The Hall–Kier alpha value is -1.65. The van der Waals surface area contributed by atoms with E-state index in [0.717, 1.165) is 24.8 Å². The topological polar surface area (TPSA) is 35.5 Å². The van der Waals surface area contributed by atoms with Crippen molar-refractivity contribution in [2.75, 3.05) is 13.2 Å². The van der Waals surface area contributed by atoms with Crippen molar-refractivity contribution < 1.29 is 23.0 Å². The molecular weight excluding hydrogens is 326 g/mol. The van der Waals surface area contributed by atoms with E-state index in [1.165, 1.54) is 38.2 Å². The Morgan fingerprint density at radius 1 is 1.04 bits per heavy atom. The molecule has 0 aliphatic rings. The number of hydrogen-bond donors (Lipinski definition) is 0. The van der Waals surface area contributed by atoms with Gasteiger partial charge in [0.1, 0.15) is 12.4 Å². The SMILES string of the molecule is CCCCCCCCCCOC(=O)c1cc(OCC(F)F)ccc1C. The Morgan fingerprint density at radius 2 is 1.68 bits per heavy atom. The summed E-state index contributed by atoms with van der Waals surface area (Å²) in [5.41, 5.74) is 1.11. The van der Waals surface area contributed by atoms with Crippen LogP contribution in [0.25, 0.3) is 0 Å². The van der Waals surface area contributed by atoms with Crippen LogP contribution < -0.4 is 4.74 Å². The molecule has 0 radical (unpaired) electrons. The van der Waals surface area contributed by atoms with E-state index in [2.05, 4.69) is 6.92 Å². The Balaban J connectivity index is 2.28. The van der Waals surface area contributed by atoms with E-state index in [0.29, 0.717) is 12.2 Å². The quantitative estimate of drug-likeness (QED) is 0.324. The van der Waals surface area contributed by atoms with Gasteiger partial charge < -0.3 is 9.47 Å². The fourth-order valence-corrected chi connectivity index (χ4v) is 2.55. The van der Waals surface area contributed by atoms with E-state index < -0.39 is 19.0 Å². The zero-order valence-corrected chi connectivity index (χ0v) is 15.4. The molecule has 0 N–H and O–H groups in total. The van der Waals surface area contributed by atoms with Gasteiger partial charge in [-0.1, -0.05) is 57.9 Å². The third kappa shape index (κ3) is 9.42. The molecule has 3 nitrogen and oxygen atoms in total. The maximum Gasteiger partial charge on any atom is 0.338 e. The van der Waals surface area contributed by atoms with Crippen molar-refractivity contribution in [3.63, 3.8) is 0 Å². The number of esters is 1. The van der Waals surface area contributed by atoms with Crippen molar-refractivity contribution in [3.8, 4) is 5.75 Å². The van der Waals surface area contributed by atoms with E-state index in [1.807, 2.05) is 0 Å². The summed E-state index contributed by atoms with van der Waals surface area (Å²) < 4.78 is 34.6. The summed E-state index contributed by atoms with van der Waals surface area (Å²) in [6.45, 7) is 3.69. The summed E-state index contributed by atoms with van der Waals surface area (Å²) in [5.74, 6) is -0.173. The van der Waals surface area contributed by atoms with Crippen LogP contribution in [0.1, 0.15) is 74.2 Å². The van der Waals surface area contributed by atoms with E-state index >= 15 is 0 Å². The average Bonchev–Trinajstić information content (AvgIpc) is 2.59. The Morgan fingerprint density at radius 3 is 2.32 bits per heavy atom. The highest BCUT2D eigenvalue weighted by Gasteiger charge is 2.13. The molecule has 0 atom stereocenters. The van der Waals surface area contributed by atoms with Gasteiger partial charge in [-0.25, -0.2) is 13.6 Å². The van der Waals surface area contributed by atoms with Gasteiger partial charge in [0, 0.05) is 0 Å². The molecule has 0 saturated heterocycles. The maximum atomic E-state index is 12.2. The third-order valence-corrected chi connectivity index (χ3v) is 4.04. The molecule has 0 aromatic heterocycles. The van der Waals surface area contributed by atoms with Gasteiger partial charge in [-0.05, 0) is 31.0 Å². The lowest BCUT2D eigenvalue weighted by molar-refractivity contribution is 0.0496. The molecule has 1 rings (SSSR count). The van der Waals surface area contributed by atoms with Crippen molar-refractivity contribution in [2.45, 2.75) is 71.6 Å². The number of unbranched alkanes of at least 4 members (excludes halogenated alkanes) is 7. The van der Waals surface area contributed by atoms with Gasteiger partial charge in [0.05, 0.1) is 12.2 Å². The number of carbonyl (C=O) groups excluding carboxylic acids is 1. The minimum Gasteiger partial charge on any atom is -0.488 e. The van der Waals surface area contributed by atoms with Gasteiger partial charge in [0.25, 0.3) is 6.43 Å². The first-order valence-electron chi connectivity index (χ1n) is 9.23. The van der Waals surface area contributed by atoms with Gasteiger partial charge in [-0.3, -0.25) is 0 Å². The highest BCUT2D eigenvalue weighted by molar-refractivity contribution is 5.91. The average molecular weight is 356 g/mol. The molecule has 0 saturated carbocycles. The molecule has 0 bridgehead atoms. The molecule has 5 heteroatoms. The Kier molecular flexibility index (Phi) is 10.8. The van der Waals surface area contributed by atoms with Crippen molar-refractivity contribution in [3.05, 3.63) is 29.3 Å². The highest BCUT2D eigenvalue weighted by atomic mass is 19.3. The zero-order chi connectivity index (χ0) is 18.5. The number of ether oxygens (including phenoxy) is 2. The van der Waals surface area contributed by atoms with Gasteiger partial charge in [-0.15, -0.1) is 0 Å². The molecule has 142 valence electrons. The van der Waals surface area contributed by atoms with Gasteiger partial charge in [0.15, 0.2) is 0 Å². The van der Waals surface area contributed by atoms with Crippen LogP contribution in [0, 0.1) is 6.92 Å². The second-order valence-electron chi connectivity index (χ2n) is 6.29. The number of alkyl halides is 2. The first kappa shape index (κ1) is 21.4. The fraction of sp³-hybridized carbons (Fsp3) is 0.650. The molecule has 0 fully saturated rings. The molecule has 1 aromatic carbocycles. The number of halogens is 2. The van der Waals surface area contributed by atoms with Crippen LogP contribution in [0.5, 0.6) is 5.75 Å². The molecule has 0 spiro atoms. The number of hydrogen-bond acceptors (Lipinski definition) is 3. The predicted octanol–water partition coefficient (Wildman–Crippen LogP) is 5.94. The van der Waals surface area contributed by atoms with Crippen molar-refractivity contribution in [2.24, 2.45) is 0 Å². The van der Waals surface area contributed by atoms with Crippen LogP contribution in [-0.4, -0.2) is 25.6 Å². The Labute approximate surface area is 149 Å². The largest absolute Gasteiger partial charge is 0.488 e. The van der Waals surface area contributed by atoms with E-state index in [-0.39, 0.29) is 5.75 Å². The highest BCUT2D eigenvalue weighted by Crippen LogP contribution is 2.19. The lowest BCUT2D eigenvalue weighted by atomic mass is 10.1. The van der Waals surface area contributed by atoms with Crippen LogP contribution in [0.3, 0.4) is 0 Å². The van der Waals surface area contributed by atoms with Crippen molar-refractivity contribution in [1.82, 2.24) is 0 Å². The first-order valence-corrected chi connectivity index (χ1v) is 9.23. The molecule has 25 heavy (non-hydrogen) atoms. The van der Waals surface area contributed by atoms with E-state index in [4.69, 9.17) is 9.47 Å². The molecular formula is C20H30F2O3. The van der Waals surface area contributed by atoms with Gasteiger partial charge in [-0.2, -0.15) is 0 Å². The first-order chi connectivity index (χ1) is 12.0. The fourth-order valence-electron chi connectivity index (χ4n) is 2.55. The smallest absolute Gasteiger partial charge is 0.338 e. The van der Waals surface area contributed by atoms with Crippen LogP contribution in [0.15, 0.2) is 18.2 Å². The maximum absolute atomic E-state index is 12.2. The molecule has 0 unspecified atom stereocenters. The predicted molar refractivity (Wildman–Crippen MR) is 95.6 cm³/mol. The van der Waals surface area contributed by atoms with E-state index in [1.54, 1.807) is 19.1 Å². The second-order valence-corrected chi connectivity index (χ2v) is 6.29. The number of rotatable bonds is 13. The summed E-state index contributed by atoms with van der Waals surface area (Å²) in [6.07, 6.45) is 6.89. The number of carbonyl (C=O) groups is 1. The lowest BCUT2D eigenvalue weighted by Crippen LogP contribution is -2.10. The van der Waals surface area contributed by atoms with Crippen molar-refractivity contribution >= 4 is 5.97 Å². The standard InChI is InChI=1S/C20H30F2O3/c1-3-4-5-6-7-8-9-10-13-24-20(23)18-14-17(12-11-16(18)2)25-15-19(21)22/h11-12,14,19H,3-10,13,15H2,1-2H3. The molecule has 0 heterocycles. The van der Waals surface area contributed by atoms with Crippen LogP contribution in [0.4, 0.5) is 8.78 Å². The molecule has 1 aromatic rings. The Bertz CT molecular complexity index is 504.